The predicted octanol–water partition coefficient (Wildman–Crippen LogP) is 1.63. The third-order valence-electron chi connectivity index (χ3n) is 1.95. The largest absolute Gasteiger partial charge is 0.480 e. The van der Waals surface area contributed by atoms with E-state index in [4.69, 9.17) is 5.11 Å². The Morgan fingerprint density at radius 1 is 1.58 bits per heavy atom. The maximum atomic E-state index is 11.2. The van der Waals surface area contributed by atoms with Crippen LogP contribution in [0.2, 0.25) is 0 Å². The molecule has 1 unspecified atom stereocenters. The summed E-state index contributed by atoms with van der Waals surface area (Å²) in [6.07, 6.45) is 2.10. The molecule has 0 aromatic rings. The molecule has 0 aliphatic rings. The molecule has 0 aliphatic heterocycles. The molecule has 0 amide bonds. The van der Waals surface area contributed by atoms with E-state index in [2.05, 4.69) is 6.58 Å². The van der Waals surface area contributed by atoms with E-state index < -0.39 is 17.2 Å². The van der Waals surface area contributed by atoms with Crippen molar-refractivity contribution in [2.75, 3.05) is 0 Å². The summed E-state index contributed by atoms with van der Waals surface area (Å²) in [7, 11) is 0. The smallest absolute Gasteiger partial charge is 0.317 e. The average Bonchev–Trinajstić information content (AvgIpc) is 2.03. The standard InChI is InChI=1S/C9H14O3/c1-4-6-9(3,8(11)12)7(10)5-2/h5H,2,4,6H2,1,3H3,(H,11,12). The van der Waals surface area contributed by atoms with Crippen molar-refractivity contribution in [3.05, 3.63) is 12.7 Å². The molecule has 0 aliphatic carbocycles. The van der Waals surface area contributed by atoms with Gasteiger partial charge in [-0.15, -0.1) is 0 Å². The summed E-state index contributed by atoms with van der Waals surface area (Å²) in [5.74, 6) is -1.49. The number of ketones is 1. The number of allylic oxidation sites excluding steroid dienone is 1. The molecule has 0 rings (SSSR count). The first-order valence-corrected chi connectivity index (χ1v) is 3.89. The van der Waals surface area contributed by atoms with Gasteiger partial charge in [-0.2, -0.15) is 0 Å². The SMILES string of the molecule is C=CC(=O)C(C)(CCC)C(=O)O. The van der Waals surface area contributed by atoms with Gasteiger partial charge in [0.1, 0.15) is 5.41 Å². The molecule has 3 nitrogen and oxygen atoms in total. The van der Waals surface area contributed by atoms with E-state index >= 15 is 0 Å². The van der Waals surface area contributed by atoms with Crippen molar-refractivity contribution >= 4 is 11.8 Å². The number of carbonyl (C=O) groups is 2. The summed E-state index contributed by atoms with van der Waals surface area (Å²) >= 11 is 0. The first kappa shape index (κ1) is 10.9. The molecular formula is C9H14O3. The van der Waals surface area contributed by atoms with Crippen LogP contribution < -0.4 is 0 Å². The molecular weight excluding hydrogens is 156 g/mol. The quantitative estimate of drug-likeness (QED) is 0.504. The van der Waals surface area contributed by atoms with Crippen LogP contribution in [0.1, 0.15) is 26.7 Å². The first-order chi connectivity index (χ1) is 5.49. The Morgan fingerprint density at radius 3 is 2.33 bits per heavy atom. The van der Waals surface area contributed by atoms with Gasteiger partial charge in [0.15, 0.2) is 5.78 Å². The van der Waals surface area contributed by atoms with Crippen LogP contribution in [0.5, 0.6) is 0 Å². The van der Waals surface area contributed by atoms with E-state index in [0.29, 0.717) is 12.8 Å². The molecule has 0 aromatic heterocycles. The van der Waals surface area contributed by atoms with Crippen LogP contribution in [-0.4, -0.2) is 16.9 Å². The molecule has 1 N–H and O–H groups in total. The van der Waals surface area contributed by atoms with Crippen molar-refractivity contribution < 1.29 is 14.7 Å². The van der Waals surface area contributed by atoms with E-state index in [-0.39, 0.29) is 0 Å². The monoisotopic (exact) mass is 170 g/mol. The Balaban J connectivity index is 4.72. The van der Waals surface area contributed by atoms with Gasteiger partial charge in [0, 0.05) is 0 Å². The van der Waals surface area contributed by atoms with Crippen LogP contribution in [0.4, 0.5) is 0 Å². The van der Waals surface area contributed by atoms with Gasteiger partial charge < -0.3 is 5.11 Å². The zero-order valence-corrected chi connectivity index (χ0v) is 7.46. The lowest BCUT2D eigenvalue weighted by atomic mass is 9.81. The van der Waals surface area contributed by atoms with Crippen LogP contribution in [-0.2, 0) is 9.59 Å². The minimum absolute atomic E-state index is 0.354. The maximum Gasteiger partial charge on any atom is 0.317 e. The highest BCUT2D eigenvalue weighted by Gasteiger charge is 2.38. The van der Waals surface area contributed by atoms with Gasteiger partial charge in [0.2, 0.25) is 0 Å². The second kappa shape index (κ2) is 4.04. The third kappa shape index (κ3) is 1.94. The van der Waals surface area contributed by atoms with Crippen molar-refractivity contribution in [2.45, 2.75) is 26.7 Å². The fourth-order valence-corrected chi connectivity index (χ4v) is 1.06. The number of hydrogen-bond donors (Lipinski definition) is 1. The van der Waals surface area contributed by atoms with E-state index in [9.17, 15) is 9.59 Å². The van der Waals surface area contributed by atoms with Gasteiger partial charge in [0.25, 0.3) is 0 Å². The van der Waals surface area contributed by atoms with E-state index in [1.54, 1.807) is 0 Å². The van der Waals surface area contributed by atoms with Gasteiger partial charge in [-0.25, -0.2) is 0 Å². The van der Waals surface area contributed by atoms with Crippen molar-refractivity contribution in [1.29, 1.82) is 0 Å². The van der Waals surface area contributed by atoms with Crippen molar-refractivity contribution in [3.63, 3.8) is 0 Å². The van der Waals surface area contributed by atoms with Gasteiger partial charge >= 0.3 is 5.97 Å². The second-order valence-electron chi connectivity index (χ2n) is 2.96. The number of hydrogen-bond acceptors (Lipinski definition) is 2. The second-order valence-corrected chi connectivity index (χ2v) is 2.96. The number of aliphatic carboxylic acids is 1. The van der Waals surface area contributed by atoms with Crippen molar-refractivity contribution in [2.24, 2.45) is 5.41 Å². The number of carbonyl (C=O) groups excluding carboxylic acids is 1. The first-order valence-electron chi connectivity index (χ1n) is 3.89. The lowest BCUT2D eigenvalue weighted by molar-refractivity contribution is -0.152. The molecule has 0 saturated heterocycles. The topological polar surface area (TPSA) is 54.4 Å². The van der Waals surface area contributed by atoms with E-state index in [1.807, 2.05) is 6.92 Å². The fraction of sp³-hybridized carbons (Fsp3) is 0.556. The molecule has 0 bridgehead atoms. The molecule has 12 heavy (non-hydrogen) atoms. The Morgan fingerprint density at radius 2 is 2.08 bits per heavy atom. The third-order valence-corrected chi connectivity index (χ3v) is 1.95. The minimum atomic E-state index is -1.28. The van der Waals surface area contributed by atoms with Crippen LogP contribution in [0.15, 0.2) is 12.7 Å². The Hall–Kier alpha value is -1.12. The highest BCUT2D eigenvalue weighted by atomic mass is 16.4. The number of carboxylic acids is 1. The van der Waals surface area contributed by atoms with Gasteiger partial charge in [0.05, 0.1) is 0 Å². The number of rotatable bonds is 5. The molecule has 0 fully saturated rings. The molecule has 1 atom stereocenters. The summed E-state index contributed by atoms with van der Waals surface area (Å²) in [5.41, 5.74) is -1.28. The van der Waals surface area contributed by atoms with Gasteiger partial charge in [-0.3, -0.25) is 9.59 Å². The summed E-state index contributed by atoms with van der Waals surface area (Å²) in [4.78, 5) is 21.9. The van der Waals surface area contributed by atoms with Gasteiger partial charge in [-0.05, 0) is 19.4 Å². The summed E-state index contributed by atoms with van der Waals surface area (Å²) in [6.45, 7) is 6.56. The lowest BCUT2D eigenvalue weighted by Gasteiger charge is -2.20. The van der Waals surface area contributed by atoms with E-state index in [0.717, 1.165) is 6.08 Å². The average molecular weight is 170 g/mol. The normalized spacial score (nSPS) is 14.8. The maximum absolute atomic E-state index is 11.2. The summed E-state index contributed by atoms with van der Waals surface area (Å²) < 4.78 is 0. The van der Waals surface area contributed by atoms with Crippen LogP contribution in [0.3, 0.4) is 0 Å². The van der Waals surface area contributed by atoms with E-state index in [1.165, 1.54) is 6.92 Å². The summed E-state index contributed by atoms with van der Waals surface area (Å²) in [6, 6.07) is 0. The van der Waals surface area contributed by atoms with Crippen LogP contribution >= 0.6 is 0 Å². The molecule has 3 heteroatoms. The molecule has 0 radical (unpaired) electrons. The van der Waals surface area contributed by atoms with Crippen LogP contribution in [0.25, 0.3) is 0 Å². The minimum Gasteiger partial charge on any atom is -0.480 e. The van der Waals surface area contributed by atoms with Crippen LogP contribution in [0, 0.1) is 5.41 Å². The zero-order chi connectivity index (χ0) is 9.78. The Labute approximate surface area is 72.1 Å². The number of carboxylic acid groups (broad SMARTS) is 1. The van der Waals surface area contributed by atoms with Gasteiger partial charge in [-0.1, -0.05) is 19.9 Å². The molecule has 0 heterocycles. The highest BCUT2D eigenvalue weighted by Crippen LogP contribution is 2.25. The lowest BCUT2D eigenvalue weighted by Crippen LogP contribution is -2.35. The molecule has 0 saturated carbocycles. The van der Waals surface area contributed by atoms with Crippen molar-refractivity contribution in [3.8, 4) is 0 Å². The highest BCUT2D eigenvalue weighted by molar-refractivity contribution is 6.07. The zero-order valence-electron chi connectivity index (χ0n) is 7.46. The Kier molecular flexibility index (Phi) is 3.67. The fourth-order valence-electron chi connectivity index (χ4n) is 1.06. The summed E-state index contributed by atoms with van der Waals surface area (Å²) in [5, 5.41) is 8.80. The Bertz CT molecular complexity index is 208. The molecule has 68 valence electrons. The predicted molar refractivity (Wildman–Crippen MR) is 45.9 cm³/mol. The molecule has 0 aromatic carbocycles. The molecule has 0 spiro atoms. The van der Waals surface area contributed by atoms with Crippen molar-refractivity contribution in [1.82, 2.24) is 0 Å².